The van der Waals surface area contributed by atoms with Crippen molar-refractivity contribution in [1.82, 2.24) is 0 Å². The number of cyclic esters (lactones) is 1. The van der Waals surface area contributed by atoms with Crippen LogP contribution in [-0.4, -0.2) is 35.0 Å². The molecule has 5 heteroatoms. The molecule has 174 valence electrons. The van der Waals surface area contributed by atoms with E-state index in [1.807, 2.05) is 19.1 Å². The van der Waals surface area contributed by atoms with E-state index in [4.69, 9.17) is 9.47 Å². The predicted molar refractivity (Wildman–Crippen MR) is 125 cm³/mol. The zero-order chi connectivity index (χ0) is 22.5. The van der Waals surface area contributed by atoms with E-state index in [9.17, 15) is 15.0 Å². The number of esters is 1. The molecule has 2 rings (SSSR count). The van der Waals surface area contributed by atoms with Crippen molar-refractivity contribution in [3.8, 4) is 11.5 Å². The van der Waals surface area contributed by atoms with Crippen molar-refractivity contribution in [3.63, 3.8) is 0 Å². The molecule has 1 aromatic carbocycles. The Morgan fingerprint density at radius 1 is 1.06 bits per heavy atom. The Bertz CT molecular complexity index is 697. The zero-order valence-electron chi connectivity index (χ0n) is 19.3. The van der Waals surface area contributed by atoms with E-state index in [0.717, 1.165) is 38.5 Å². The highest BCUT2D eigenvalue weighted by Gasteiger charge is 2.21. The number of unbranched alkanes of at least 4 members (excludes halogenated alkanes) is 5. The lowest BCUT2D eigenvalue weighted by atomic mass is 10.0. The number of allylic oxidation sites excluding steroid dienone is 1. The van der Waals surface area contributed by atoms with Gasteiger partial charge in [0.25, 0.3) is 0 Å². The van der Waals surface area contributed by atoms with Crippen LogP contribution in [0.5, 0.6) is 11.5 Å². The monoisotopic (exact) mass is 432 g/mol. The van der Waals surface area contributed by atoms with E-state index in [-0.39, 0.29) is 23.5 Å². The topological polar surface area (TPSA) is 76.0 Å². The highest BCUT2D eigenvalue weighted by Crippen LogP contribution is 2.31. The van der Waals surface area contributed by atoms with Gasteiger partial charge in [0.1, 0.15) is 17.1 Å². The summed E-state index contributed by atoms with van der Waals surface area (Å²) in [6.45, 7) is 4.65. The van der Waals surface area contributed by atoms with Crippen LogP contribution in [0.2, 0.25) is 0 Å². The van der Waals surface area contributed by atoms with Gasteiger partial charge in [0.15, 0.2) is 0 Å². The fraction of sp³-hybridized carbons (Fsp3) is 0.654. The Morgan fingerprint density at radius 3 is 2.61 bits per heavy atom. The van der Waals surface area contributed by atoms with E-state index in [0.29, 0.717) is 30.8 Å². The summed E-state index contributed by atoms with van der Waals surface area (Å²) in [7, 11) is 0. The lowest BCUT2D eigenvalue weighted by Crippen LogP contribution is -2.17. The predicted octanol–water partition coefficient (Wildman–Crippen LogP) is 6.41. The minimum atomic E-state index is -0.523. The molecule has 31 heavy (non-hydrogen) atoms. The molecule has 0 radical (unpaired) electrons. The molecule has 0 bridgehead atoms. The second-order valence-electron chi connectivity index (χ2n) is 8.66. The second-order valence-corrected chi connectivity index (χ2v) is 8.66. The van der Waals surface area contributed by atoms with Crippen molar-refractivity contribution < 1.29 is 24.5 Å². The van der Waals surface area contributed by atoms with Crippen LogP contribution in [0.3, 0.4) is 0 Å². The third-order valence-electron chi connectivity index (χ3n) is 5.75. The van der Waals surface area contributed by atoms with Gasteiger partial charge in [-0.25, -0.2) is 4.79 Å². The smallest absolute Gasteiger partial charge is 0.342 e. The van der Waals surface area contributed by atoms with Gasteiger partial charge in [-0.05, 0) is 63.5 Å². The number of carbonyl (C=O) groups excluding carboxylic acids is 1. The van der Waals surface area contributed by atoms with Gasteiger partial charge < -0.3 is 19.7 Å². The Morgan fingerprint density at radius 2 is 1.81 bits per heavy atom. The van der Waals surface area contributed by atoms with E-state index in [2.05, 4.69) is 6.92 Å². The highest BCUT2D eigenvalue weighted by atomic mass is 16.5. The van der Waals surface area contributed by atoms with Crippen LogP contribution in [0.4, 0.5) is 0 Å². The molecule has 0 fully saturated rings. The molecule has 0 saturated heterocycles. The first kappa shape index (κ1) is 25.3. The number of aliphatic hydroxyl groups is 1. The molecule has 1 heterocycles. The number of carbonyl (C=O) groups is 1. The number of fused-ring (bicyclic) bond motifs is 1. The van der Waals surface area contributed by atoms with Crippen LogP contribution in [0.25, 0.3) is 6.08 Å². The summed E-state index contributed by atoms with van der Waals surface area (Å²) in [6.07, 6.45) is 15.0. The SMILES string of the molecule is CCCCCCCCOc1cc(O)c2c(c1)/C=C/CCC[C@H](O)CCC[C@H](C)OC2=O. The number of benzene rings is 1. The van der Waals surface area contributed by atoms with E-state index in [1.165, 1.54) is 31.7 Å². The number of aliphatic hydroxyl groups excluding tert-OH is 1. The van der Waals surface area contributed by atoms with Crippen LogP contribution < -0.4 is 4.74 Å². The van der Waals surface area contributed by atoms with Crippen LogP contribution in [0.1, 0.15) is 107 Å². The average Bonchev–Trinajstić information content (AvgIpc) is 2.72. The van der Waals surface area contributed by atoms with E-state index in [1.54, 1.807) is 6.07 Å². The van der Waals surface area contributed by atoms with Gasteiger partial charge in [0, 0.05) is 6.07 Å². The van der Waals surface area contributed by atoms with Crippen LogP contribution >= 0.6 is 0 Å². The molecule has 0 amide bonds. The van der Waals surface area contributed by atoms with Crippen LogP contribution in [0, 0.1) is 0 Å². The minimum absolute atomic E-state index is 0.111. The number of phenols is 1. The summed E-state index contributed by atoms with van der Waals surface area (Å²) in [4.78, 5) is 12.8. The number of hydrogen-bond acceptors (Lipinski definition) is 5. The van der Waals surface area contributed by atoms with Gasteiger partial charge in [-0.3, -0.25) is 0 Å². The fourth-order valence-electron chi connectivity index (χ4n) is 3.90. The van der Waals surface area contributed by atoms with E-state index < -0.39 is 5.97 Å². The molecule has 0 aliphatic carbocycles. The van der Waals surface area contributed by atoms with Gasteiger partial charge in [0.05, 0.1) is 18.8 Å². The molecule has 0 aromatic heterocycles. The number of rotatable bonds is 8. The van der Waals surface area contributed by atoms with Gasteiger partial charge >= 0.3 is 5.97 Å². The molecule has 1 aliphatic rings. The highest BCUT2D eigenvalue weighted by molar-refractivity contribution is 5.97. The molecule has 1 aliphatic heterocycles. The van der Waals surface area contributed by atoms with Crippen LogP contribution in [0.15, 0.2) is 18.2 Å². The maximum Gasteiger partial charge on any atom is 0.342 e. The lowest BCUT2D eigenvalue weighted by molar-refractivity contribution is 0.0307. The van der Waals surface area contributed by atoms with Crippen molar-refractivity contribution in [3.05, 3.63) is 29.3 Å². The molecule has 5 nitrogen and oxygen atoms in total. The number of hydrogen-bond donors (Lipinski definition) is 2. The normalized spacial score (nSPS) is 21.6. The molecular weight excluding hydrogens is 392 g/mol. The maximum absolute atomic E-state index is 12.8. The molecule has 2 atom stereocenters. The van der Waals surface area contributed by atoms with Crippen molar-refractivity contribution in [2.45, 2.75) is 103 Å². The van der Waals surface area contributed by atoms with Crippen LogP contribution in [-0.2, 0) is 4.74 Å². The quantitative estimate of drug-likeness (QED) is 0.367. The number of phenolic OH excluding ortho intramolecular Hbond substituents is 1. The molecule has 0 unspecified atom stereocenters. The first-order chi connectivity index (χ1) is 15.0. The summed E-state index contributed by atoms with van der Waals surface area (Å²) in [5.41, 5.74) is 0.792. The number of aromatic hydroxyl groups is 1. The lowest BCUT2D eigenvalue weighted by Gasteiger charge is -2.17. The maximum atomic E-state index is 12.8. The fourth-order valence-corrected chi connectivity index (χ4v) is 3.90. The molecular formula is C26H40O5. The van der Waals surface area contributed by atoms with Crippen molar-refractivity contribution in [2.75, 3.05) is 6.61 Å². The van der Waals surface area contributed by atoms with Gasteiger partial charge in [-0.15, -0.1) is 0 Å². The first-order valence-corrected chi connectivity index (χ1v) is 12.1. The molecule has 2 N–H and O–H groups in total. The molecule has 0 spiro atoms. The van der Waals surface area contributed by atoms with Gasteiger partial charge in [-0.2, -0.15) is 0 Å². The van der Waals surface area contributed by atoms with Gasteiger partial charge in [-0.1, -0.05) is 51.2 Å². The Labute approximate surface area is 187 Å². The molecule has 1 aromatic rings. The third kappa shape index (κ3) is 9.34. The van der Waals surface area contributed by atoms with Crippen molar-refractivity contribution in [2.24, 2.45) is 0 Å². The Balaban J connectivity index is 2.09. The summed E-state index contributed by atoms with van der Waals surface area (Å²) in [5, 5.41) is 20.7. The largest absolute Gasteiger partial charge is 0.507 e. The average molecular weight is 433 g/mol. The standard InChI is InChI=1S/C26H40O5/c1-3-4-5-6-7-11-17-30-23-18-21-14-9-8-10-15-22(27)16-12-13-20(2)31-26(29)25(21)24(28)19-23/h9,14,18-20,22,27-28H,3-8,10-13,15-17H2,1-2H3/b14-9+/t20-,22-/m0/s1. The van der Waals surface area contributed by atoms with Gasteiger partial charge in [0.2, 0.25) is 0 Å². The first-order valence-electron chi connectivity index (χ1n) is 12.1. The number of ether oxygens (including phenoxy) is 2. The minimum Gasteiger partial charge on any atom is -0.507 e. The Hall–Kier alpha value is -2.01. The van der Waals surface area contributed by atoms with Crippen molar-refractivity contribution >= 4 is 12.0 Å². The Kier molecular flexibility index (Phi) is 11.5. The third-order valence-corrected chi connectivity index (χ3v) is 5.75. The summed E-state index contributed by atoms with van der Waals surface area (Å²) < 4.78 is 11.4. The van der Waals surface area contributed by atoms with E-state index >= 15 is 0 Å². The summed E-state index contributed by atoms with van der Waals surface area (Å²) >= 11 is 0. The second kappa shape index (κ2) is 14.1. The van der Waals surface area contributed by atoms with Crippen molar-refractivity contribution in [1.29, 1.82) is 0 Å². The molecule has 0 saturated carbocycles. The summed E-state index contributed by atoms with van der Waals surface area (Å²) in [5.74, 6) is -0.0728. The zero-order valence-corrected chi connectivity index (χ0v) is 19.3. The summed E-state index contributed by atoms with van der Waals surface area (Å²) in [6, 6.07) is 3.31.